The average Bonchev–Trinajstić information content (AvgIpc) is 2.94. The van der Waals surface area contributed by atoms with Crippen LogP contribution >= 0.6 is 0 Å². The highest BCUT2D eigenvalue weighted by Crippen LogP contribution is 2.12. The lowest BCUT2D eigenvalue weighted by Gasteiger charge is -2.09. The summed E-state index contributed by atoms with van der Waals surface area (Å²) in [5.74, 6) is -0.483. The van der Waals surface area contributed by atoms with Crippen LogP contribution in [0.5, 0.6) is 5.75 Å². The molecule has 13 heteroatoms. The fourth-order valence-corrected chi connectivity index (χ4v) is 2.91. The van der Waals surface area contributed by atoms with Gasteiger partial charge < -0.3 is 54.1 Å². The van der Waals surface area contributed by atoms with Crippen LogP contribution in [-0.2, 0) is 42.7 Å². The van der Waals surface area contributed by atoms with Crippen molar-refractivity contribution in [2.24, 2.45) is 0 Å². The molecule has 0 saturated heterocycles. The van der Waals surface area contributed by atoms with Gasteiger partial charge in [-0.25, -0.2) is 0 Å². The molecule has 0 aromatic heterocycles. The first-order valence-electron chi connectivity index (χ1n) is 13.6. The molecule has 230 valence electrons. The van der Waals surface area contributed by atoms with Crippen LogP contribution in [0, 0.1) is 0 Å². The van der Waals surface area contributed by atoms with Crippen molar-refractivity contribution in [3.05, 3.63) is 24.3 Å². The van der Waals surface area contributed by atoms with Crippen molar-refractivity contribution in [3.8, 4) is 5.75 Å². The van der Waals surface area contributed by atoms with Gasteiger partial charge in [0, 0.05) is 25.3 Å². The van der Waals surface area contributed by atoms with Crippen molar-refractivity contribution in [1.29, 1.82) is 0 Å². The van der Waals surface area contributed by atoms with Gasteiger partial charge in [0.2, 0.25) is 5.91 Å². The molecule has 40 heavy (non-hydrogen) atoms. The topological polar surface area (TPSA) is 166 Å². The van der Waals surface area contributed by atoms with E-state index in [-0.39, 0.29) is 18.7 Å². The van der Waals surface area contributed by atoms with Gasteiger partial charge >= 0.3 is 5.97 Å². The average molecular weight is 575 g/mol. The smallest absolute Gasteiger partial charge is 0.303 e. The number of rotatable bonds is 29. The first kappa shape index (κ1) is 35.5. The van der Waals surface area contributed by atoms with E-state index in [0.717, 1.165) is 5.75 Å². The Bertz CT molecular complexity index is 738. The number of nitrogens with one attached hydrogen (secondary N) is 1. The molecular formula is C27H46N2O11. The number of carboxylic acid groups (broad SMARTS) is 1. The summed E-state index contributed by atoms with van der Waals surface area (Å²) >= 11 is 0. The molecule has 4 N–H and O–H groups in total. The van der Waals surface area contributed by atoms with Crippen LogP contribution < -0.4 is 15.8 Å². The monoisotopic (exact) mass is 574 g/mol. The minimum absolute atomic E-state index is 0.00810. The van der Waals surface area contributed by atoms with Crippen LogP contribution in [0.15, 0.2) is 24.3 Å². The lowest BCUT2D eigenvalue weighted by molar-refractivity contribution is -0.138. The van der Waals surface area contributed by atoms with E-state index in [2.05, 4.69) is 5.32 Å². The molecule has 0 saturated carbocycles. The molecule has 1 aromatic rings. The molecule has 1 rings (SSSR count). The molecular weight excluding hydrogens is 528 g/mol. The normalized spacial score (nSPS) is 11.0. The zero-order valence-corrected chi connectivity index (χ0v) is 23.4. The van der Waals surface area contributed by atoms with Gasteiger partial charge in [-0.15, -0.1) is 0 Å². The number of nitrogen functional groups attached to an aromatic ring is 1. The highest BCUT2D eigenvalue weighted by molar-refractivity contribution is 5.80. The van der Waals surface area contributed by atoms with E-state index in [9.17, 15) is 9.59 Å². The van der Waals surface area contributed by atoms with E-state index in [4.69, 9.17) is 48.7 Å². The maximum atomic E-state index is 11.3. The number of carbonyl (C=O) groups excluding carboxylic acids is 1. The van der Waals surface area contributed by atoms with E-state index >= 15 is 0 Å². The van der Waals surface area contributed by atoms with Crippen LogP contribution in [0.1, 0.15) is 19.3 Å². The molecule has 0 atom stereocenters. The van der Waals surface area contributed by atoms with Gasteiger partial charge in [-0.3, -0.25) is 9.59 Å². The molecule has 0 bridgehead atoms. The standard InChI is InChI=1S/C27H46N2O11/c28-24-2-4-25(5-3-24)40-23-22-39-21-20-38-19-18-37-17-16-36-15-14-35-13-12-34-11-10-33-9-1-8-29-26(30)6-7-27(31)32/h2-5H,1,6-23,28H2,(H,29,30)(H,31,32). The zero-order chi connectivity index (χ0) is 28.9. The molecule has 0 aliphatic heterocycles. The van der Waals surface area contributed by atoms with Crippen molar-refractivity contribution in [3.63, 3.8) is 0 Å². The molecule has 0 spiro atoms. The summed E-state index contributed by atoms with van der Waals surface area (Å²) in [6.07, 6.45) is 0.484. The molecule has 1 amide bonds. The number of aliphatic carboxylic acids is 1. The Morgan fingerprint density at radius 3 is 1.43 bits per heavy atom. The van der Waals surface area contributed by atoms with E-state index in [1.807, 2.05) is 12.1 Å². The maximum Gasteiger partial charge on any atom is 0.303 e. The van der Waals surface area contributed by atoms with Crippen LogP contribution in [0.3, 0.4) is 0 Å². The number of anilines is 1. The molecule has 0 unspecified atom stereocenters. The Morgan fingerprint density at radius 2 is 1.00 bits per heavy atom. The number of ether oxygens (including phenoxy) is 8. The van der Waals surface area contributed by atoms with Gasteiger partial charge in [-0.2, -0.15) is 0 Å². The Hall–Kier alpha value is -2.52. The predicted octanol–water partition coefficient (Wildman–Crippen LogP) is 1.13. The summed E-state index contributed by atoms with van der Waals surface area (Å²) in [5, 5.41) is 11.2. The highest BCUT2D eigenvalue weighted by atomic mass is 16.6. The van der Waals surface area contributed by atoms with Crippen molar-refractivity contribution in [2.45, 2.75) is 19.3 Å². The van der Waals surface area contributed by atoms with Gasteiger partial charge in [-0.1, -0.05) is 0 Å². The third-order valence-electron chi connectivity index (χ3n) is 4.96. The SMILES string of the molecule is Nc1ccc(OCCOCCOCCOCCOCCOCCOCCOCCCNC(=O)CCC(=O)O)cc1. The molecule has 0 aliphatic carbocycles. The summed E-state index contributed by atoms with van der Waals surface area (Å²) in [7, 11) is 0. The second-order valence-electron chi connectivity index (χ2n) is 8.30. The summed E-state index contributed by atoms with van der Waals surface area (Å²) in [6, 6.07) is 7.23. The number of amides is 1. The Kier molecular flexibility index (Phi) is 23.7. The third kappa shape index (κ3) is 24.5. The van der Waals surface area contributed by atoms with Gasteiger partial charge in [0.25, 0.3) is 0 Å². The second-order valence-corrected chi connectivity index (χ2v) is 8.30. The predicted molar refractivity (Wildman–Crippen MR) is 147 cm³/mol. The molecule has 1 aromatic carbocycles. The number of carboxylic acids is 1. The Morgan fingerprint density at radius 1 is 0.600 bits per heavy atom. The van der Waals surface area contributed by atoms with Gasteiger partial charge in [-0.05, 0) is 30.7 Å². The maximum absolute atomic E-state index is 11.3. The first-order chi connectivity index (χ1) is 19.6. The van der Waals surface area contributed by atoms with Crippen molar-refractivity contribution >= 4 is 17.6 Å². The van der Waals surface area contributed by atoms with Gasteiger partial charge in [0.05, 0.1) is 92.3 Å². The van der Waals surface area contributed by atoms with Crippen molar-refractivity contribution in [2.75, 3.05) is 111 Å². The van der Waals surface area contributed by atoms with Crippen molar-refractivity contribution in [1.82, 2.24) is 5.32 Å². The zero-order valence-electron chi connectivity index (χ0n) is 23.4. The lowest BCUT2D eigenvalue weighted by Crippen LogP contribution is -2.25. The molecule has 0 heterocycles. The fourth-order valence-electron chi connectivity index (χ4n) is 2.91. The minimum atomic E-state index is -0.982. The minimum Gasteiger partial charge on any atom is -0.491 e. The summed E-state index contributed by atoms with van der Waals surface area (Å²) < 4.78 is 43.6. The summed E-state index contributed by atoms with van der Waals surface area (Å²) in [5.41, 5.74) is 6.33. The molecule has 13 nitrogen and oxygen atoms in total. The molecule has 0 aliphatic rings. The van der Waals surface area contributed by atoms with E-state index in [0.29, 0.717) is 118 Å². The van der Waals surface area contributed by atoms with E-state index < -0.39 is 5.97 Å². The van der Waals surface area contributed by atoms with Crippen molar-refractivity contribution < 1.29 is 52.6 Å². The van der Waals surface area contributed by atoms with Crippen LogP contribution in [0.25, 0.3) is 0 Å². The van der Waals surface area contributed by atoms with Gasteiger partial charge in [0.15, 0.2) is 0 Å². The first-order valence-corrected chi connectivity index (χ1v) is 13.6. The Balaban J connectivity index is 1.67. The quantitative estimate of drug-likeness (QED) is 0.0924. The number of nitrogens with two attached hydrogens (primary N) is 1. The van der Waals surface area contributed by atoms with E-state index in [1.165, 1.54) is 0 Å². The number of hydrogen-bond acceptors (Lipinski definition) is 11. The van der Waals surface area contributed by atoms with Crippen LogP contribution in [0.2, 0.25) is 0 Å². The second kappa shape index (κ2) is 26.7. The number of benzene rings is 1. The lowest BCUT2D eigenvalue weighted by atomic mass is 10.3. The number of hydrogen-bond donors (Lipinski definition) is 3. The summed E-state index contributed by atoms with van der Waals surface area (Å²) in [4.78, 5) is 21.7. The number of carbonyl (C=O) groups is 2. The van der Waals surface area contributed by atoms with Crippen LogP contribution in [0.4, 0.5) is 5.69 Å². The third-order valence-corrected chi connectivity index (χ3v) is 4.96. The summed E-state index contributed by atoms with van der Waals surface area (Å²) in [6.45, 7) is 7.66. The fraction of sp³-hybridized carbons (Fsp3) is 0.704. The van der Waals surface area contributed by atoms with Gasteiger partial charge in [0.1, 0.15) is 12.4 Å². The highest BCUT2D eigenvalue weighted by Gasteiger charge is 2.04. The van der Waals surface area contributed by atoms with E-state index in [1.54, 1.807) is 12.1 Å². The molecule has 0 fully saturated rings. The largest absolute Gasteiger partial charge is 0.491 e. The van der Waals surface area contributed by atoms with Crippen LogP contribution in [-0.4, -0.2) is 123 Å². The molecule has 0 radical (unpaired) electrons. The Labute approximate surface area is 236 Å².